The van der Waals surface area contributed by atoms with Crippen molar-refractivity contribution in [1.29, 1.82) is 0 Å². The monoisotopic (exact) mass is 218 g/mol. The summed E-state index contributed by atoms with van der Waals surface area (Å²) in [4.78, 5) is 11.4. The number of hydrogen-bond acceptors (Lipinski definition) is 3. The van der Waals surface area contributed by atoms with Crippen LogP contribution in [0, 0.1) is 0 Å². The quantitative estimate of drug-likeness (QED) is 0.566. The Morgan fingerprint density at radius 2 is 1.93 bits per heavy atom. The van der Waals surface area contributed by atoms with Crippen LogP contribution >= 0.6 is 22.7 Å². The summed E-state index contributed by atoms with van der Waals surface area (Å²) in [6.07, 6.45) is 0.923. The Morgan fingerprint density at radius 3 is 2.79 bits per heavy atom. The van der Waals surface area contributed by atoms with Crippen LogP contribution in [0.1, 0.15) is 9.67 Å². The lowest BCUT2D eigenvalue weighted by molar-refractivity contribution is 0.112. The van der Waals surface area contributed by atoms with Crippen LogP contribution in [0.25, 0.3) is 19.5 Å². The van der Waals surface area contributed by atoms with E-state index in [-0.39, 0.29) is 0 Å². The highest BCUT2D eigenvalue weighted by molar-refractivity contribution is 7.42. The van der Waals surface area contributed by atoms with Crippen molar-refractivity contribution in [3.63, 3.8) is 0 Å². The van der Waals surface area contributed by atoms with Crippen LogP contribution < -0.4 is 0 Å². The van der Waals surface area contributed by atoms with Crippen LogP contribution in [0.4, 0.5) is 0 Å². The molecule has 3 aromatic rings. The standard InChI is InChI=1S/C11H6OS2/c12-6-7-5-9-8-3-1-2-4-10(8)14-11(9)13-7/h1-6H. The molecule has 0 fully saturated rings. The van der Waals surface area contributed by atoms with Gasteiger partial charge in [0.1, 0.15) is 0 Å². The minimum absolute atomic E-state index is 0.817. The molecule has 0 saturated carbocycles. The number of rotatable bonds is 1. The zero-order valence-corrected chi connectivity index (χ0v) is 8.82. The molecule has 3 heteroatoms. The van der Waals surface area contributed by atoms with Crippen LogP contribution in [0.2, 0.25) is 0 Å². The summed E-state index contributed by atoms with van der Waals surface area (Å²) in [5, 5.41) is 2.48. The lowest BCUT2D eigenvalue weighted by Crippen LogP contribution is -1.65. The van der Waals surface area contributed by atoms with Gasteiger partial charge in [0.2, 0.25) is 0 Å². The number of thiophene rings is 2. The fraction of sp³-hybridized carbons (Fsp3) is 0. The van der Waals surface area contributed by atoms with Gasteiger partial charge < -0.3 is 0 Å². The van der Waals surface area contributed by atoms with Crippen LogP contribution in [-0.2, 0) is 0 Å². The van der Waals surface area contributed by atoms with Crippen LogP contribution in [0.3, 0.4) is 0 Å². The van der Waals surface area contributed by atoms with Crippen molar-refractivity contribution in [2.75, 3.05) is 0 Å². The fourth-order valence-corrected chi connectivity index (χ4v) is 3.95. The molecule has 0 aliphatic carbocycles. The number of fused-ring (bicyclic) bond motifs is 3. The second kappa shape index (κ2) is 2.90. The van der Waals surface area contributed by atoms with E-state index >= 15 is 0 Å². The zero-order valence-electron chi connectivity index (χ0n) is 7.19. The molecule has 14 heavy (non-hydrogen) atoms. The van der Waals surface area contributed by atoms with Gasteiger partial charge in [0.25, 0.3) is 0 Å². The third-order valence-corrected chi connectivity index (χ3v) is 4.55. The zero-order chi connectivity index (χ0) is 9.54. The van der Waals surface area contributed by atoms with Gasteiger partial charge in [-0.1, -0.05) is 18.2 Å². The molecule has 0 aliphatic rings. The van der Waals surface area contributed by atoms with Gasteiger partial charge in [-0.15, -0.1) is 22.7 Å². The van der Waals surface area contributed by atoms with Crippen LogP contribution in [0.5, 0.6) is 0 Å². The van der Waals surface area contributed by atoms with Gasteiger partial charge in [0, 0.05) is 15.5 Å². The van der Waals surface area contributed by atoms with Crippen molar-refractivity contribution >= 4 is 48.4 Å². The SMILES string of the molecule is O=Cc1cc2c(s1)sc1ccccc12. The lowest BCUT2D eigenvalue weighted by Gasteiger charge is -1.85. The second-order valence-corrected chi connectivity index (χ2v) is 5.46. The van der Waals surface area contributed by atoms with Gasteiger partial charge in [-0.05, 0) is 12.1 Å². The summed E-state index contributed by atoms with van der Waals surface area (Å²) >= 11 is 3.33. The highest BCUT2D eigenvalue weighted by Gasteiger charge is 2.07. The smallest absolute Gasteiger partial charge is 0.160 e. The van der Waals surface area contributed by atoms with Gasteiger partial charge in [0.15, 0.2) is 6.29 Å². The molecule has 0 amide bonds. The van der Waals surface area contributed by atoms with Crippen molar-refractivity contribution in [2.45, 2.75) is 0 Å². The third-order valence-electron chi connectivity index (χ3n) is 2.21. The number of aldehydes is 1. The van der Waals surface area contributed by atoms with Crippen LogP contribution in [0.15, 0.2) is 30.3 Å². The van der Waals surface area contributed by atoms with Crippen molar-refractivity contribution in [1.82, 2.24) is 0 Å². The molecule has 0 spiro atoms. The van der Waals surface area contributed by atoms with Gasteiger partial charge >= 0.3 is 0 Å². The molecule has 0 unspecified atom stereocenters. The molecule has 0 aliphatic heterocycles. The van der Waals surface area contributed by atoms with E-state index in [4.69, 9.17) is 0 Å². The van der Waals surface area contributed by atoms with Gasteiger partial charge in [-0.2, -0.15) is 0 Å². The number of benzene rings is 1. The molecule has 0 bridgehead atoms. The average molecular weight is 218 g/mol. The van der Waals surface area contributed by atoms with E-state index in [0.717, 1.165) is 11.2 Å². The van der Waals surface area contributed by atoms with E-state index < -0.39 is 0 Å². The molecule has 1 aromatic carbocycles. The molecular formula is C11H6OS2. The van der Waals surface area contributed by atoms with Gasteiger partial charge in [-0.3, -0.25) is 4.79 Å². The van der Waals surface area contributed by atoms with Gasteiger partial charge in [0.05, 0.1) is 8.89 Å². The maximum absolute atomic E-state index is 10.6. The molecular weight excluding hydrogens is 212 g/mol. The second-order valence-electron chi connectivity index (χ2n) is 3.07. The van der Waals surface area contributed by atoms with Gasteiger partial charge in [-0.25, -0.2) is 0 Å². The minimum Gasteiger partial charge on any atom is -0.297 e. The number of carbonyl (C=O) groups excluding carboxylic acids is 1. The van der Waals surface area contributed by atoms with Crippen molar-refractivity contribution in [3.8, 4) is 0 Å². The van der Waals surface area contributed by atoms with Crippen molar-refractivity contribution in [2.24, 2.45) is 0 Å². The fourth-order valence-electron chi connectivity index (χ4n) is 1.59. The van der Waals surface area contributed by atoms with E-state index in [1.54, 1.807) is 22.7 Å². The Hall–Kier alpha value is -1.19. The Morgan fingerprint density at radius 1 is 1.07 bits per heavy atom. The molecule has 68 valence electrons. The maximum Gasteiger partial charge on any atom is 0.160 e. The first-order valence-electron chi connectivity index (χ1n) is 4.25. The van der Waals surface area contributed by atoms with E-state index in [1.165, 1.54) is 19.5 Å². The highest BCUT2D eigenvalue weighted by Crippen LogP contribution is 2.38. The molecule has 2 heterocycles. The van der Waals surface area contributed by atoms with E-state index in [2.05, 4.69) is 12.1 Å². The van der Waals surface area contributed by atoms with E-state index in [1.807, 2.05) is 18.2 Å². The normalized spacial score (nSPS) is 11.1. The minimum atomic E-state index is 0.817. The molecule has 0 radical (unpaired) electrons. The first-order valence-corrected chi connectivity index (χ1v) is 5.88. The van der Waals surface area contributed by atoms with E-state index in [9.17, 15) is 4.79 Å². The predicted octanol–water partition coefficient (Wildman–Crippen LogP) is 3.93. The number of carbonyl (C=O) groups is 1. The molecule has 0 N–H and O–H groups in total. The highest BCUT2D eigenvalue weighted by atomic mass is 32.2. The molecule has 0 atom stereocenters. The Labute approximate surface area is 88.6 Å². The lowest BCUT2D eigenvalue weighted by atomic mass is 10.2. The Bertz CT molecular complexity index is 618. The first-order chi connectivity index (χ1) is 6.88. The summed E-state index contributed by atoms with van der Waals surface area (Å²) in [5.41, 5.74) is 0. The maximum atomic E-state index is 10.6. The first kappa shape index (κ1) is 8.15. The Balaban J connectivity index is 2.50. The third kappa shape index (κ3) is 1.03. The van der Waals surface area contributed by atoms with Crippen molar-refractivity contribution < 1.29 is 4.79 Å². The molecule has 2 aromatic heterocycles. The van der Waals surface area contributed by atoms with Crippen molar-refractivity contribution in [3.05, 3.63) is 35.2 Å². The summed E-state index contributed by atoms with van der Waals surface area (Å²) in [7, 11) is 0. The Kier molecular flexibility index (Phi) is 1.69. The topological polar surface area (TPSA) is 17.1 Å². The molecule has 1 nitrogen and oxygen atoms in total. The number of hydrogen-bond donors (Lipinski definition) is 0. The van der Waals surface area contributed by atoms with E-state index in [0.29, 0.717) is 0 Å². The summed E-state index contributed by atoms with van der Waals surface area (Å²) in [6.45, 7) is 0. The average Bonchev–Trinajstić information content (AvgIpc) is 2.73. The molecule has 0 saturated heterocycles. The summed E-state index contributed by atoms with van der Waals surface area (Å²) in [6, 6.07) is 10.3. The van der Waals surface area contributed by atoms with Crippen LogP contribution in [-0.4, -0.2) is 6.29 Å². The largest absolute Gasteiger partial charge is 0.297 e. The molecule has 3 rings (SSSR count). The summed E-state index contributed by atoms with van der Waals surface area (Å²) in [5.74, 6) is 0. The summed E-state index contributed by atoms with van der Waals surface area (Å²) < 4.78 is 2.54. The predicted molar refractivity (Wildman–Crippen MR) is 62.6 cm³/mol.